The second kappa shape index (κ2) is 7.24. The Kier molecular flexibility index (Phi) is 5.36. The number of thiophene rings is 1. The Labute approximate surface area is 128 Å². The minimum absolute atomic E-state index is 0.108. The molecule has 21 heavy (non-hydrogen) atoms. The molecule has 0 bridgehead atoms. The van der Waals surface area contributed by atoms with Gasteiger partial charge in [0.15, 0.2) is 0 Å². The quantitative estimate of drug-likeness (QED) is 0.828. The number of carbonyl (C=O) groups excluding carboxylic acids is 1. The predicted octanol–water partition coefficient (Wildman–Crippen LogP) is 3.65. The molecular formula is C16H19NO3S. The van der Waals surface area contributed by atoms with Crippen LogP contribution in [-0.4, -0.2) is 32.8 Å². The van der Waals surface area contributed by atoms with Crippen LogP contribution in [0.15, 0.2) is 36.4 Å². The predicted molar refractivity (Wildman–Crippen MR) is 86.1 cm³/mol. The fourth-order valence-electron chi connectivity index (χ4n) is 2.04. The molecular weight excluding hydrogens is 286 g/mol. The number of methoxy groups -OCH3 is 2. The Hall–Kier alpha value is -1.85. The highest BCUT2D eigenvalue weighted by Gasteiger charge is 2.18. The second-order valence-corrected chi connectivity index (χ2v) is 5.76. The zero-order valence-corrected chi connectivity index (χ0v) is 13.2. The van der Waals surface area contributed by atoms with Crippen molar-refractivity contribution in [1.29, 1.82) is 0 Å². The maximum Gasteiger partial charge on any atom is 0.350 e. The van der Waals surface area contributed by atoms with Crippen molar-refractivity contribution in [2.45, 2.75) is 13.0 Å². The van der Waals surface area contributed by atoms with Crippen molar-refractivity contribution in [2.75, 3.05) is 26.1 Å². The van der Waals surface area contributed by atoms with Crippen molar-refractivity contribution in [3.05, 3.63) is 41.3 Å². The molecule has 5 heteroatoms. The standard InChI is InChI=1S/C16H19NO3S/c1-11(10-19-2)17-13-9-14(12-7-5-4-6-8-12)21-15(13)16(18)20-3/h4-9,11,17H,10H2,1-3H3. The van der Waals surface area contributed by atoms with E-state index in [0.717, 1.165) is 16.1 Å². The van der Waals surface area contributed by atoms with Gasteiger partial charge in [-0.1, -0.05) is 30.3 Å². The van der Waals surface area contributed by atoms with Gasteiger partial charge in [0.2, 0.25) is 0 Å². The first kappa shape index (κ1) is 15.5. The van der Waals surface area contributed by atoms with Crippen molar-refractivity contribution in [3.8, 4) is 10.4 Å². The first-order chi connectivity index (χ1) is 10.2. The zero-order valence-electron chi connectivity index (χ0n) is 12.4. The summed E-state index contributed by atoms with van der Waals surface area (Å²) in [4.78, 5) is 13.5. The summed E-state index contributed by atoms with van der Waals surface area (Å²) in [5.41, 5.74) is 1.87. The van der Waals surface area contributed by atoms with Crippen molar-refractivity contribution in [2.24, 2.45) is 0 Å². The van der Waals surface area contributed by atoms with Gasteiger partial charge in [0, 0.05) is 18.0 Å². The molecule has 0 aliphatic carbocycles. The number of nitrogens with one attached hydrogen (secondary N) is 1. The Bertz CT molecular complexity index is 595. The van der Waals surface area contributed by atoms with Gasteiger partial charge in [0.05, 0.1) is 19.4 Å². The SMILES string of the molecule is COCC(C)Nc1cc(-c2ccccc2)sc1C(=O)OC. The molecule has 112 valence electrons. The first-order valence-corrected chi connectivity index (χ1v) is 7.50. The molecule has 1 aromatic carbocycles. The van der Waals surface area contributed by atoms with Gasteiger partial charge in [0.1, 0.15) is 4.88 Å². The summed E-state index contributed by atoms with van der Waals surface area (Å²) in [6.07, 6.45) is 0. The zero-order chi connectivity index (χ0) is 15.2. The smallest absolute Gasteiger partial charge is 0.350 e. The van der Waals surface area contributed by atoms with Crippen LogP contribution in [0.1, 0.15) is 16.6 Å². The lowest BCUT2D eigenvalue weighted by atomic mass is 10.2. The molecule has 0 aliphatic heterocycles. The Morgan fingerprint density at radius 1 is 1.29 bits per heavy atom. The third kappa shape index (κ3) is 3.83. The average molecular weight is 305 g/mol. The average Bonchev–Trinajstić information content (AvgIpc) is 2.91. The lowest BCUT2D eigenvalue weighted by Crippen LogP contribution is -2.21. The highest BCUT2D eigenvalue weighted by Crippen LogP contribution is 2.35. The number of benzene rings is 1. The van der Waals surface area contributed by atoms with Crippen LogP contribution >= 0.6 is 11.3 Å². The van der Waals surface area contributed by atoms with Crippen molar-refractivity contribution in [1.82, 2.24) is 0 Å². The number of carbonyl (C=O) groups is 1. The maximum atomic E-state index is 11.9. The molecule has 2 rings (SSSR count). The lowest BCUT2D eigenvalue weighted by Gasteiger charge is -2.13. The van der Waals surface area contributed by atoms with Crippen LogP contribution in [-0.2, 0) is 9.47 Å². The molecule has 1 unspecified atom stereocenters. The van der Waals surface area contributed by atoms with E-state index in [0.29, 0.717) is 11.5 Å². The van der Waals surface area contributed by atoms with Gasteiger partial charge in [-0.2, -0.15) is 0 Å². The van der Waals surface area contributed by atoms with Crippen LogP contribution in [0.4, 0.5) is 5.69 Å². The fraction of sp³-hybridized carbons (Fsp3) is 0.312. The minimum Gasteiger partial charge on any atom is -0.465 e. The van der Waals surface area contributed by atoms with Crippen LogP contribution < -0.4 is 5.32 Å². The van der Waals surface area contributed by atoms with Gasteiger partial charge in [-0.15, -0.1) is 11.3 Å². The molecule has 0 radical (unpaired) electrons. The lowest BCUT2D eigenvalue weighted by molar-refractivity contribution is 0.0607. The summed E-state index contributed by atoms with van der Waals surface area (Å²) in [5, 5.41) is 3.30. The molecule has 4 nitrogen and oxygen atoms in total. The van der Waals surface area contributed by atoms with Crippen molar-refractivity contribution in [3.63, 3.8) is 0 Å². The molecule has 1 atom stereocenters. The van der Waals surface area contributed by atoms with E-state index in [4.69, 9.17) is 9.47 Å². The van der Waals surface area contributed by atoms with Crippen LogP contribution in [0.2, 0.25) is 0 Å². The molecule has 1 N–H and O–H groups in total. The summed E-state index contributed by atoms with van der Waals surface area (Å²) in [6, 6.07) is 12.1. The van der Waals surface area contributed by atoms with Crippen LogP contribution in [0.3, 0.4) is 0 Å². The molecule has 0 fully saturated rings. The topological polar surface area (TPSA) is 47.6 Å². The van der Waals surface area contributed by atoms with Gasteiger partial charge in [-0.3, -0.25) is 0 Å². The number of anilines is 1. The van der Waals surface area contributed by atoms with Crippen LogP contribution in [0, 0.1) is 0 Å². The van der Waals surface area contributed by atoms with Gasteiger partial charge < -0.3 is 14.8 Å². The maximum absolute atomic E-state index is 11.9. The van der Waals surface area contributed by atoms with Crippen molar-refractivity contribution < 1.29 is 14.3 Å². The van der Waals surface area contributed by atoms with Gasteiger partial charge >= 0.3 is 5.97 Å². The highest BCUT2D eigenvalue weighted by atomic mass is 32.1. The minimum atomic E-state index is -0.325. The van der Waals surface area contributed by atoms with E-state index >= 15 is 0 Å². The number of hydrogen-bond donors (Lipinski definition) is 1. The molecule has 0 amide bonds. The highest BCUT2D eigenvalue weighted by molar-refractivity contribution is 7.18. The summed E-state index contributed by atoms with van der Waals surface area (Å²) in [7, 11) is 3.05. The third-order valence-electron chi connectivity index (χ3n) is 2.98. The summed E-state index contributed by atoms with van der Waals surface area (Å²) >= 11 is 1.43. The van der Waals surface area contributed by atoms with Gasteiger partial charge in [0.25, 0.3) is 0 Å². The molecule has 2 aromatic rings. The number of rotatable bonds is 6. The van der Waals surface area contributed by atoms with Crippen LogP contribution in [0.25, 0.3) is 10.4 Å². The van der Waals surface area contributed by atoms with E-state index in [1.54, 1.807) is 7.11 Å². The number of ether oxygens (including phenoxy) is 2. The Balaban J connectivity index is 2.33. The molecule has 0 saturated heterocycles. The molecule has 0 spiro atoms. The van der Waals surface area contributed by atoms with E-state index < -0.39 is 0 Å². The summed E-state index contributed by atoms with van der Waals surface area (Å²) in [5.74, 6) is -0.325. The van der Waals surface area contributed by atoms with Crippen LogP contribution in [0.5, 0.6) is 0 Å². The summed E-state index contributed by atoms with van der Waals surface area (Å²) < 4.78 is 9.99. The third-order valence-corrected chi connectivity index (χ3v) is 4.14. The van der Waals surface area contributed by atoms with E-state index in [1.165, 1.54) is 18.4 Å². The van der Waals surface area contributed by atoms with E-state index in [2.05, 4.69) is 5.32 Å². The second-order valence-electron chi connectivity index (χ2n) is 4.71. The van der Waals surface area contributed by atoms with Gasteiger partial charge in [-0.05, 0) is 18.6 Å². The number of hydrogen-bond acceptors (Lipinski definition) is 5. The first-order valence-electron chi connectivity index (χ1n) is 6.68. The van der Waals surface area contributed by atoms with E-state index in [-0.39, 0.29) is 12.0 Å². The van der Waals surface area contributed by atoms with Crippen molar-refractivity contribution >= 4 is 23.0 Å². The molecule has 0 saturated carbocycles. The number of esters is 1. The molecule has 1 aromatic heterocycles. The van der Waals surface area contributed by atoms with Gasteiger partial charge in [-0.25, -0.2) is 4.79 Å². The Morgan fingerprint density at radius 3 is 2.62 bits per heavy atom. The Morgan fingerprint density at radius 2 is 2.00 bits per heavy atom. The van der Waals surface area contributed by atoms with E-state index in [1.807, 2.05) is 43.3 Å². The largest absolute Gasteiger partial charge is 0.465 e. The molecule has 0 aliphatic rings. The summed E-state index contributed by atoms with van der Waals surface area (Å²) in [6.45, 7) is 2.57. The monoisotopic (exact) mass is 305 g/mol. The molecule has 1 heterocycles. The fourth-order valence-corrected chi connectivity index (χ4v) is 3.09. The van der Waals surface area contributed by atoms with E-state index in [9.17, 15) is 4.79 Å². The normalized spacial score (nSPS) is 12.0.